The summed E-state index contributed by atoms with van der Waals surface area (Å²) < 4.78 is 4.75. The van der Waals surface area contributed by atoms with Crippen molar-refractivity contribution in [2.45, 2.75) is 26.3 Å². The Morgan fingerprint density at radius 2 is 1.72 bits per heavy atom. The highest BCUT2D eigenvalue weighted by Gasteiger charge is 2.34. The number of nitrogens with one attached hydrogen (secondary N) is 1. The molecule has 8 heteroatoms. The number of carbonyl (C=O) groups is 3. The second-order valence-corrected chi connectivity index (χ2v) is 6.11. The molecule has 25 heavy (non-hydrogen) atoms. The second-order valence-electron chi connectivity index (χ2n) is 5.73. The molecule has 0 radical (unpaired) electrons. The fourth-order valence-corrected chi connectivity index (χ4v) is 2.81. The van der Waals surface area contributed by atoms with Crippen molar-refractivity contribution in [2.75, 3.05) is 12.4 Å². The number of anilines is 1. The summed E-state index contributed by atoms with van der Waals surface area (Å²) in [5, 5.41) is 23.1. The van der Waals surface area contributed by atoms with E-state index in [1.165, 1.54) is 7.11 Å². The molecule has 0 aliphatic heterocycles. The first-order valence-corrected chi connectivity index (χ1v) is 8.00. The highest BCUT2D eigenvalue weighted by molar-refractivity contribution is 6.37. The van der Waals surface area contributed by atoms with Crippen molar-refractivity contribution in [1.29, 1.82) is 0 Å². The van der Waals surface area contributed by atoms with Crippen LogP contribution in [0.5, 0.6) is 11.5 Å². The standard InChI is InChI=1S/C17H18ClNO6/c1-4-7(2)13(17(24)25-3)19-14-12(18)15(22)10-8(20)5-6-9(21)11(10)16(14)23/h5-7,13,19,22-23H,4H2,1-3H3/t7?,13-/m1/s1. The van der Waals surface area contributed by atoms with Gasteiger partial charge < -0.3 is 20.3 Å². The molecule has 134 valence electrons. The Morgan fingerprint density at radius 3 is 2.20 bits per heavy atom. The number of ether oxygens (including phenoxy) is 1. The van der Waals surface area contributed by atoms with Crippen molar-refractivity contribution >= 4 is 34.8 Å². The topological polar surface area (TPSA) is 113 Å². The summed E-state index contributed by atoms with van der Waals surface area (Å²) in [5.41, 5.74) is -0.923. The highest BCUT2D eigenvalue weighted by Crippen LogP contribution is 2.46. The molecule has 1 aliphatic rings. The minimum Gasteiger partial charge on any atom is -0.505 e. The number of aromatic hydroxyl groups is 2. The van der Waals surface area contributed by atoms with E-state index in [-0.39, 0.29) is 27.8 Å². The Balaban J connectivity index is 2.62. The van der Waals surface area contributed by atoms with E-state index < -0.39 is 35.1 Å². The Hall–Kier alpha value is -2.54. The number of carbonyl (C=O) groups excluding carboxylic acids is 3. The van der Waals surface area contributed by atoms with Crippen LogP contribution in [-0.4, -0.2) is 40.9 Å². The average Bonchev–Trinajstić information content (AvgIpc) is 2.60. The lowest BCUT2D eigenvalue weighted by atomic mass is 9.91. The van der Waals surface area contributed by atoms with E-state index in [1.807, 2.05) is 6.92 Å². The van der Waals surface area contributed by atoms with Crippen molar-refractivity contribution in [2.24, 2.45) is 5.92 Å². The molecule has 0 fully saturated rings. The number of phenolic OH excluding ortho intramolecular Hbond substituents is 2. The molecule has 1 aromatic rings. The summed E-state index contributed by atoms with van der Waals surface area (Å²) in [6.07, 6.45) is 2.60. The number of rotatable bonds is 5. The number of hydrogen-bond acceptors (Lipinski definition) is 7. The van der Waals surface area contributed by atoms with E-state index in [0.717, 1.165) is 12.2 Å². The van der Waals surface area contributed by atoms with E-state index in [0.29, 0.717) is 6.42 Å². The summed E-state index contributed by atoms with van der Waals surface area (Å²) in [6.45, 7) is 3.65. The van der Waals surface area contributed by atoms with Crippen molar-refractivity contribution < 1.29 is 29.3 Å². The Morgan fingerprint density at radius 1 is 1.20 bits per heavy atom. The Labute approximate surface area is 149 Å². The molecule has 0 heterocycles. The van der Waals surface area contributed by atoms with Crippen LogP contribution < -0.4 is 5.32 Å². The third-order valence-electron chi connectivity index (χ3n) is 4.23. The van der Waals surface area contributed by atoms with Gasteiger partial charge in [-0.2, -0.15) is 0 Å². The van der Waals surface area contributed by atoms with Crippen molar-refractivity contribution in [3.05, 3.63) is 28.3 Å². The second kappa shape index (κ2) is 7.14. The van der Waals surface area contributed by atoms with Crippen molar-refractivity contribution in [1.82, 2.24) is 0 Å². The van der Waals surface area contributed by atoms with Gasteiger partial charge in [-0.05, 0) is 18.1 Å². The van der Waals surface area contributed by atoms with Crippen LogP contribution >= 0.6 is 11.6 Å². The first kappa shape index (κ1) is 18.8. The SMILES string of the molecule is CCC(C)[C@@H](Nc1c(O)c2c(c(O)c1Cl)C(=O)C=CC2=O)C(=O)OC. The lowest BCUT2D eigenvalue weighted by Gasteiger charge is -2.25. The molecule has 0 saturated carbocycles. The highest BCUT2D eigenvalue weighted by atomic mass is 35.5. The molecule has 0 bridgehead atoms. The van der Waals surface area contributed by atoms with Crippen LogP contribution in [0, 0.1) is 5.92 Å². The van der Waals surface area contributed by atoms with Gasteiger partial charge in [-0.25, -0.2) is 4.79 Å². The van der Waals surface area contributed by atoms with Crippen molar-refractivity contribution in [3.63, 3.8) is 0 Å². The van der Waals surface area contributed by atoms with Crippen LogP contribution in [0.1, 0.15) is 41.0 Å². The zero-order valence-corrected chi connectivity index (χ0v) is 14.7. The first-order chi connectivity index (χ1) is 11.7. The number of allylic oxidation sites excluding steroid dienone is 2. The van der Waals surface area contributed by atoms with Crippen molar-refractivity contribution in [3.8, 4) is 11.5 Å². The fraction of sp³-hybridized carbons (Fsp3) is 0.353. The van der Waals surface area contributed by atoms with Gasteiger partial charge in [-0.1, -0.05) is 31.9 Å². The molecule has 3 N–H and O–H groups in total. The van der Waals surface area contributed by atoms with Gasteiger partial charge in [0.25, 0.3) is 0 Å². The monoisotopic (exact) mass is 367 g/mol. The minimum absolute atomic E-state index is 0.196. The molecular formula is C17H18ClNO6. The first-order valence-electron chi connectivity index (χ1n) is 7.63. The summed E-state index contributed by atoms with van der Waals surface area (Å²) in [6, 6.07) is -0.874. The number of esters is 1. The molecule has 7 nitrogen and oxygen atoms in total. The van der Waals surface area contributed by atoms with E-state index >= 15 is 0 Å². The molecule has 1 unspecified atom stereocenters. The summed E-state index contributed by atoms with van der Waals surface area (Å²) in [5.74, 6) is -3.32. The average molecular weight is 368 g/mol. The van der Waals surface area contributed by atoms with E-state index in [2.05, 4.69) is 5.32 Å². The largest absolute Gasteiger partial charge is 0.505 e. The summed E-state index contributed by atoms with van der Waals surface area (Å²) in [4.78, 5) is 36.0. The number of methoxy groups -OCH3 is 1. The van der Waals surface area contributed by atoms with Gasteiger partial charge >= 0.3 is 5.97 Å². The smallest absolute Gasteiger partial charge is 0.328 e. The number of phenols is 2. The summed E-state index contributed by atoms with van der Waals surface area (Å²) >= 11 is 6.08. The quantitative estimate of drug-likeness (QED) is 0.416. The summed E-state index contributed by atoms with van der Waals surface area (Å²) in [7, 11) is 1.22. The van der Waals surface area contributed by atoms with Crippen LogP contribution in [-0.2, 0) is 9.53 Å². The fourth-order valence-electron chi connectivity index (χ4n) is 2.58. The zero-order chi connectivity index (χ0) is 18.9. The molecule has 1 aliphatic carbocycles. The number of halogens is 1. The molecule has 0 spiro atoms. The van der Waals surface area contributed by atoms with E-state index in [4.69, 9.17) is 16.3 Å². The molecule has 2 atom stereocenters. The minimum atomic E-state index is -0.874. The predicted octanol–water partition coefficient (Wildman–Crippen LogP) is 2.69. The van der Waals surface area contributed by atoms with Crippen LogP contribution in [0.2, 0.25) is 5.02 Å². The Bertz CT molecular complexity index is 786. The number of fused-ring (bicyclic) bond motifs is 1. The molecular weight excluding hydrogens is 350 g/mol. The number of ketones is 2. The normalized spacial score (nSPS) is 15.5. The van der Waals surface area contributed by atoms with Gasteiger partial charge in [0.2, 0.25) is 0 Å². The molecule has 2 rings (SSSR count). The number of hydrogen-bond donors (Lipinski definition) is 3. The third kappa shape index (κ3) is 3.19. The van der Waals surface area contributed by atoms with Gasteiger partial charge in [0, 0.05) is 0 Å². The van der Waals surface area contributed by atoms with Gasteiger partial charge in [-0.15, -0.1) is 0 Å². The van der Waals surface area contributed by atoms with E-state index in [1.54, 1.807) is 6.92 Å². The van der Waals surface area contributed by atoms with Gasteiger partial charge in [0.15, 0.2) is 17.3 Å². The molecule has 0 saturated heterocycles. The van der Waals surface area contributed by atoms with Gasteiger partial charge in [0.05, 0.1) is 18.2 Å². The van der Waals surface area contributed by atoms with Gasteiger partial charge in [-0.3, -0.25) is 9.59 Å². The van der Waals surface area contributed by atoms with Crippen LogP contribution in [0.15, 0.2) is 12.2 Å². The lowest BCUT2D eigenvalue weighted by Crippen LogP contribution is -2.36. The maximum Gasteiger partial charge on any atom is 0.328 e. The van der Waals surface area contributed by atoms with Crippen LogP contribution in [0.25, 0.3) is 0 Å². The number of benzene rings is 1. The molecule has 1 aromatic carbocycles. The molecule has 0 amide bonds. The Kier molecular flexibility index (Phi) is 5.37. The predicted molar refractivity (Wildman–Crippen MR) is 91.5 cm³/mol. The van der Waals surface area contributed by atoms with Crippen LogP contribution in [0.4, 0.5) is 5.69 Å². The molecule has 0 aromatic heterocycles. The zero-order valence-electron chi connectivity index (χ0n) is 13.9. The maximum absolute atomic E-state index is 12.1. The van der Waals surface area contributed by atoms with Gasteiger partial charge in [0.1, 0.15) is 22.5 Å². The lowest BCUT2D eigenvalue weighted by molar-refractivity contribution is -0.142. The van der Waals surface area contributed by atoms with E-state index in [9.17, 15) is 24.6 Å². The maximum atomic E-state index is 12.1. The van der Waals surface area contributed by atoms with Crippen LogP contribution in [0.3, 0.4) is 0 Å². The third-order valence-corrected chi connectivity index (χ3v) is 4.60.